The van der Waals surface area contributed by atoms with E-state index in [4.69, 9.17) is 0 Å². The van der Waals surface area contributed by atoms with Crippen LogP contribution in [0.1, 0.15) is 30.5 Å². The van der Waals surface area contributed by atoms with Crippen LogP contribution in [-0.4, -0.2) is 27.8 Å². The van der Waals surface area contributed by atoms with Crippen LogP contribution in [0.3, 0.4) is 0 Å². The fourth-order valence-electron chi connectivity index (χ4n) is 1.40. The van der Waals surface area contributed by atoms with Gasteiger partial charge in [-0.25, -0.2) is 13.1 Å². The molecule has 2 N–H and O–H groups in total. The molecule has 1 rings (SSSR count). The molecule has 0 unspecified atom stereocenters. The summed E-state index contributed by atoms with van der Waals surface area (Å²) >= 11 is 1.78. The maximum Gasteiger partial charge on any atom is 0.212 e. The summed E-state index contributed by atoms with van der Waals surface area (Å²) < 4.78 is 24.7. The lowest BCUT2D eigenvalue weighted by Gasteiger charge is -2.15. The van der Waals surface area contributed by atoms with Crippen molar-refractivity contribution in [3.63, 3.8) is 0 Å². The topological polar surface area (TPSA) is 58.2 Å². The molecule has 18 heavy (non-hydrogen) atoms. The Morgan fingerprint density at radius 2 is 1.94 bits per heavy atom. The Bertz CT molecular complexity index is 473. The van der Waals surface area contributed by atoms with Crippen LogP contribution in [-0.2, 0) is 22.0 Å². The van der Waals surface area contributed by atoms with Gasteiger partial charge in [-0.15, -0.1) is 11.3 Å². The Labute approximate surface area is 114 Å². The third-order valence-corrected chi connectivity index (χ3v) is 5.43. The van der Waals surface area contributed by atoms with Crippen LogP contribution in [0.4, 0.5) is 0 Å². The Balaban J connectivity index is 2.39. The first-order valence-electron chi connectivity index (χ1n) is 5.96. The first-order chi connectivity index (χ1) is 8.24. The highest BCUT2D eigenvalue weighted by atomic mass is 32.2. The molecule has 0 saturated heterocycles. The molecule has 1 aromatic rings. The van der Waals surface area contributed by atoms with Gasteiger partial charge in [0.15, 0.2) is 0 Å². The second-order valence-electron chi connectivity index (χ2n) is 5.22. The van der Waals surface area contributed by atoms with Gasteiger partial charge in [0.1, 0.15) is 0 Å². The molecule has 6 heteroatoms. The highest BCUT2D eigenvalue weighted by Crippen LogP contribution is 2.29. The minimum Gasteiger partial charge on any atom is -0.311 e. The smallest absolute Gasteiger partial charge is 0.212 e. The third-order valence-electron chi connectivity index (χ3n) is 2.56. The predicted molar refractivity (Wildman–Crippen MR) is 77.6 cm³/mol. The Morgan fingerprint density at radius 1 is 1.28 bits per heavy atom. The van der Waals surface area contributed by atoms with Gasteiger partial charge >= 0.3 is 0 Å². The van der Waals surface area contributed by atoms with E-state index in [1.54, 1.807) is 11.3 Å². The van der Waals surface area contributed by atoms with Crippen LogP contribution in [0.25, 0.3) is 0 Å². The lowest BCUT2D eigenvalue weighted by Crippen LogP contribution is -2.29. The summed E-state index contributed by atoms with van der Waals surface area (Å²) in [4.78, 5) is 2.59. The summed E-state index contributed by atoms with van der Waals surface area (Å²) in [5.74, 6) is 0.112. The second-order valence-corrected chi connectivity index (χ2v) is 8.43. The zero-order chi connectivity index (χ0) is 13.8. The third kappa shape index (κ3) is 5.06. The van der Waals surface area contributed by atoms with E-state index in [1.807, 2.05) is 0 Å². The fraction of sp³-hybridized carbons (Fsp3) is 0.667. The van der Waals surface area contributed by atoms with E-state index < -0.39 is 10.0 Å². The molecule has 1 heterocycles. The lowest BCUT2D eigenvalue weighted by atomic mass is 9.95. The monoisotopic (exact) mass is 290 g/mol. The molecule has 0 atom stereocenters. The molecule has 0 bridgehead atoms. The van der Waals surface area contributed by atoms with E-state index in [0.29, 0.717) is 6.54 Å². The van der Waals surface area contributed by atoms with Crippen LogP contribution >= 0.6 is 11.3 Å². The zero-order valence-corrected chi connectivity index (χ0v) is 13.0. The van der Waals surface area contributed by atoms with Crippen LogP contribution in [0.15, 0.2) is 12.1 Å². The van der Waals surface area contributed by atoms with Gasteiger partial charge in [0, 0.05) is 22.8 Å². The summed E-state index contributed by atoms with van der Waals surface area (Å²) in [6, 6.07) is 4.25. The normalized spacial score (nSPS) is 12.9. The molecule has 0 radical (unpaired) electrons. The van der Waals surface area contributed by atoms with Gasteiger partial charge in [-0.1, -0.05) is 20.8 Å². The molecule has 0 fully saturated rings. The van der Waals surface area contributed by atoms with Gasteiger partial charge in [0.05, 0.1) is 5.75 Å². The van der Waals surface area contributed by atoms with Crippen LogP contribution in [0.2, 0.25) is 0 Å². The number of hydrogen-bond acceptors (Lipinski definition) is 4. The van der Waals surface area contributed by atoms with Crippen molar-refractivity contribution < 1.29 is 8.42 Å². The number of sulfonamides is 1. The maximum absolute atomic E-state index is 11.2. The van der Waals surface area contributed by atoms with Crippen molar-refractivity contribution in [3.05, 3.63) is 21.9 Å². The molecule has 0 aliphatic rings. The summed E-state index contributed by atoms with van der Waals surface area (Å²) in [5.41, 5.74) is 0.179. The average Bonchev–Trinajstić information content (AvgIpc) is 2.73. The zero-order valence-electron chi connectivity index (χ0n) is 11.4. The van der Waals surface area contributed by atoms with Crippen molar-refractivity contribution >= 4 is 21.4 Å². The molecule has 4 nitrogen and oxygen atoms in total. The second kappa shape index (κ2) is 6.14. The SMILES string of the molecule is CNS(=O)(=O)CCNCc1ccc(C(C)(C)C)s1. The van der Waals surface area contributed by atoms with Crippen LogP contribution < -0.4 is 10.0 Å². The Kier molecular flexibility index (Phi) is 5.33. The van der Waals surface area contributed by atoms with Crippen molar-refractivity contribution in [1.29, 1.82) is 0 Å². The molecule has 0 spiro atoms. The standard InChI is InChI=1S/C12H22N2O2S2/c1-12(2,3)11-6-5-10(17-11)9-14-7-8-18(15,16)13-4/h5-6,13-14H,7-9H2,1-4H3. The predicted octanol–water partition coefficient (Wildman–Crippen LogP) is 1.68. The summed E-state index contributed by atoms with van der Waals surface area (Å²) in [6.45, 7) is 7.76. The Morgan fingerprint density at radius 3 is 2.44 bits per heavy atom. The summed E-state index contributed by atoms with van der Waals surface area (Å²) in [7, 11) is -1.67. The Hall–Kier alpha value is -0.430. The highest BCUT2D eigenvalue weighted by Gasteiger charge is 2.15. The van der Waals surface area contributed by atoms with Crippen molar-refractivity contribution in [2.75, 3.05) is 19.3 Å². The number of rotatable bonds is 6. The van der Waals surface area contributed by atoms with E-state index in [-0.39, 0.29) is 11.2 Å². The first-order valence-corrected chi connectivity index (χ1v) is 8.42. The minimum atomic E-state index is -3.10. The van der Waals surface area contributed by atoms with Gasteiger partial charge in [-0.05, 0) is 24.6 Å². The van der Waals surface area contributed by atoms with E-state index in [0.717, 1.165) is 6.54 Å². The molecule has 104 valence electrons. The van der Waals surface area contributed by atoms with Gasteiger partial charge in [-0.3, -0.25) is 0 Å². The molecule has 0 aromatic carbocycles. The largest absolute Gasteiger partial charge is 0.311 e. The molecule has 0 aliphatic heterocycles. The lowest BCUT2D eigenvalue weighted by molar-refractivity contribution is 0.583. The van der Waals surface area contributed by atoms with E-state index >= 15 is 0 Å². The molecular weight excluding hydrogens is 268 g/mol. The molecule has 0 saturated carbocycles. The quantitative estimate of drug-likeness (QED) is 0.784. The number of thiophene rings is 1. The van der Waals surface area contributed by atoms with Crippen LogP contribution in [0, 0.1) is 0 Å². The summed E-state index contributed by atoms with van der Waals surface area (Å²) in [5, 5.41) is 3.15. The first kappa shape index (κ1) is 15.6. The molecule has 1 aromatic heterocycles. The van der Waals surface area contributed by atoms with Gasteiger partial charge < -0.3 is 5.32 Å². The van der Waals surface area contributed by atoms with Gasteiger partial charge in [0.2, 0.25) is 10.0 Å². The van der Waals surface area contributed by atoms with E-state index in [2.05, 4.69) is 42.9 Å². The number of nitrogens with one attached hydrogen (secondary N) is 2. The average molecular weight is 290 g/mol. The van der Waals surface area contributed by atoms with Crippen molar-refractivity contribution in [2.45, 2.75) is 32.7 Å². The molecular formula is C12H22N2O2S2. The number of hydrogen-bond donors (Lipinski definition) is 2. The minimum absolute atomic E-state index is 0.112. The van der Waals surface area contributed by atoms with Gasteiger partial charge in [0.25, 0.3) is 0 Å². The summed E-state index contributed by atoms with van der Waals surface area (Å²) in [6.07, 6.45) is 0. The molecule has 0 amide bonds. The van der Waals surface area contributed by atoms with Crippen molar-refractivity contribution in [1.82, 2.24) is 10.0 Å². The highest BCUT2D eigenvalue weighted by molar-refractivity contribution is 7.89. The molecule has 0 aliphatic carbocycles. The van der Waals surface area contributed by atoms with Crippen molar-refractivity contribution in [2.24, 2.45) is 0 Å². The maximum atomic E-state index is 11.2. The van der Waals surface area contributed by atoms with E-state index in [9.17, 15) is 8.42 Å². The van der Waals surface area contributed by atoms with Crippen LogP contribution in [0.5, 0.6) is 0 Å². The van der Waals surface area contributed by atoms with Crippen molar-refractivity contribution in [3.8, 4) is 0 Å². The van der Waals surface area contributed by atoms with E-state index in [1.165, 1.54) is 16.8 Å². The van der Waals surface area contributed by atoms with Gasteiger partial charge in [-0.2, -0.15) is 0 Å². The fourth-order valence-corrected chi connectivity index (χ4v) is 3.05.